The molecule has 0 aromatic carbocycles. The predicted octanol–water partition coefficient (Wildman–Crippen LogP) is -5.35. The summed E-state index contributed by atoms with van der Waals surface area (Å²) in [6.07, 6.45) is 0. The first-order chi connectivity index (χ1) is 0. The Morgan fingerprint density at radius 1 is 0.429 bits per heavy atom. The maximum absolute atomic E-state index is 0. The van der Waals surface area contributed by atoms with Crippen LogP contribution in [0.5, 0.6) is 0 Å². The van der Waals surface area contributed by atoms with Crippen LogP contribution in [0.1, 0.15) is 0 Å². The van der Waals surface area contributed by atoms with E-state index in [1.54, 1.807) is 0 Å². The van der Waals surface area contributed by atoms with Gasteiger partial charge in [-0.15, -0.1) is 0 Å². The van der Waals surface area contributed by atoms with E-state index in [1.807, 2.05) is 0 Å². The molecule has 0 saturated carbocycles. The predicted molar refractivity (Wildman–Crippen MR) is 20.1 cm³/mol. The van der Waals surface area contributed by atoms with Crippen LogP contribution in [0.3, 0.4) is 0 Å². The minimum Gasteiger partial charge on any atom is -1.00 e. The van der Waals surface area contributed by atoms with Crippen LogP contribution in [0.4, 0.5) is 0 Å². The Kier molecular flexibility index (Phi) is 4590. The van der Waals surface area contributed by atoms with Crippen molar-refractivity contribution in [3.63, 3.8) is 0 Å². The molecule has 4 nitrogen and oxygen atoms in total. The van der Waals surface area contributed by atoms with Crippen LogP contribution in [0.2, 0.25) is 0 Å². The van der Waals surface area contributed by atoms with Gasteiger partial charge in [0.15, 0.2) is 0 Å². The van der Waals surface area contributed by atoms with Crippen LogP contribution in [-0.2, 0) is 20.4 Å². The Morgan fingerprint density at radius 3 is 0.429 bits per heavy atom. The Balaban J connectivity index is 0. The second-order valence-corrected chi connectivity index (χ2v) is 0. The second kappa shape index (κ2) is 146. The topological polar surface area (TPSA) is 140 Å². The van der Waals surface area contributed by atoms with Crippen LogP contribution in [-0.4, -0.2) is 0 Å². The average molecular weight is 334 g/mol. The van der Waals surface area contributed by atoms with Gasteiger partial charge in [-0.05, 0) is 0 Å². The van der Waals surface area contributed by atoms with Gasteiger partial charge in [0.25, 0.3) is 0 Å². The van der Waals surface area contributed by atoms with E-state index in [-0.39, 0.29) is 79.0 Å². The third kappa shape index (κ3) is 104. The molecule has 0 aliphatic rings. The van der Waals surface area contributed by atoms with Crippen molar-refractivity contribution in [3.8, 4) is 0 Å². The van der Waals surface area contributed by atoms with E-state index in [9.17, 15) is 0 Å². The largest absolute Gasteiger partial charge is 2.00 e. The molecule has 0 rings (SSSR count). The summed E-state index contributed by atoms with van der Waals surface area (Å²) in [5, 5.41) is 0. The van der Waals surface area contributed by atoms with Crippen molar-refractivity contribution in [3.05, 3.63) is 0 Å². The van der Waals surface area contributed by atoms with Crippen LogP contribution in [0.15, 0.2) is 0 Å². The van der Waals surface area contributed by atoms with E-state index >= 15 is 0 Å². The van der Waals surface area contributed by atoms with Gasteiger partial charge in [0.2, 0.25) is 0 Å². The van der Waals surface area contributed by atoms with Crippen molar-refractivity contribution in [1.82, 2.24) is 24.6 Å². The average Bonchev–Trinajstić information content (AvgIpc) is 0. The summed E-state index contributed by atoms with van der Waals surface area (Å²) in [4.78, 5) is 0. The number of rotatable bonds is 0. The maximum Gasteiger partial charge on any atom is 2.00 e. The fourth-order valence-corrected chi connectivity index (χ4v) is 0. The van der Waals surface area contributed by atoms with E-state index in [0.29, 0.717) is 0 Å². The summed E-state index contributed by atoms with van der Waals surface area (Å²) < 4.78 is 0. The summed E-state index contributed by atoms with van der Waals surface area (Å²) in [5.74, 6) is 0. The van der Waals surface area contributed by atoms with E-state index in [2.05, 4.69) is 0 Å². The monoisotopic (exact) mass is 332 g/mol. The minimum absolute atomic E-state index is 0. The van der Waals surface area contributed by atoms with Crippen LogP contribution in [0.25, 0.3) is 0 Å². The molecule has 0 unspecified atom stereocenters. The normalized spacial score (nSPS) is 0. The molecule has 7 heteroatoms. The van der Waals surface area contributed by atoms with Gasteiger partial charge in [-0.3, -0.25) is 0 Å². The van der Waals surface area contributed by atoms with Gasteiger partial charge in [-0.25, -0.2) is 0 Å². The molecule has 0 aromatic rings. The standard InChI is InChI=1S/2BrH.4H3N.Pd/h2*1H;4*1H3;/q;;;;;;+2/p-2. The van der Waals surface area contributed by atoms with Crippen LogP contribution in [0, 0.1) is 0 Å². The van der Waals surface area contributed by atoms with E-state index < -0.39 is 0 Å². The quantitative estimate of drug-likeness (QED) is 0.328. The number of hydrogen-bond acceptors (Lipinski definition) is 4. The van der Waals surface area contributed by atoms with E-state index in [4.69, 9.17) is 0 Å². The van der Waals surface area contributed by atoms with Gasteiger partial charge < -0.3 is 58.6 Å². The molecule has 0 spiro atoms. The summed E-state index contributed by atoms with van der Waals surface area (Å²) in [7, 11) is 0. The molecule has 56 valence electrons. The van der Waals surface area contributed by atoms with E-state index in [0.717, 1.165) is 0 Å². The van der Waals surface area contributed by atoms with Gasteiger partial charge in [-0.1, -0.05) is 0 Å². The molecule has 12 N–H and O–H groups in total. The first-order valence-electron chi connectivity index (χ1n) is 0. The van der Waals surface area contributed by atoms with Crippen molar-refractivity contribution in [2.24, 2.45) is 0 Å². The maximum atomic E-state index is 0. The van der Waals surface area contributed by atoms with Crippen molar-refractivity contribution >= 4 is 0 Å². The molecule has 7 heavy (non-hydrogen) atoms. The third-order valence-electron chi connectivity index (χ3n) is 0. The van der Waals surface area contributed by atoms with Gasteiger partial charge in [0.1, 0.15) is 0 Å². The summed E-state index contributed by atoms with van der Waals surface area (Å²) >= 11 is 0. The SMILES string of the molecule is N.N.N.N.[Br-].[Br-].[Pd+2]. The van der Waals surface area contributed by atoms with Crippen LogP contribution >= 0.6 is 0 Å². The third-order valence-corrected chi connectivity index (χ3v) is 0. The van der Waals surface area contributed by atoms with Crippen LogP contribution < -0.4 is 58.6 Å². The fourth-order valence-electron chi connectivity index (χ4n) is 0. The molecule has 0 radical (unpaired) electrons. The first kappa shape index (κ1) is 220. The minimum atomic E-state index is 0. The molecule has 0 amide bonds. The number of hydrogen-bond donors (Lipinski definition) is 4. The summed E-state index contributed by atoms with van der Waals surface area (Å²) in [6.45, 7) is 0. The Labute approximate surface area is 78.7 Å². The summed E-state index contributed by atoms with van der Waals surface area (Å²) in [5.41, 5.74) is 0. The Morgan fingerprint density at radius 2 is 0.429 bits per heavy atom. The molecule has 0 saturated heterocycles. The van der Waals surface area contributed by atoms with Gasteiger partial charge in [-0.2, -0.15) is 0 Å². The molecule has 0 aromatic heterocycles. The van der Waals surface area contributed by atoms with Crippen molar-refractivity contribution in [1.29, 1.82) is 0 Å². The fraction of sp³-hybridized carbons (Fsp3) is 0. The molecule has 0 heterocycles. The molecule has 0 aliphatic carbocycles. The Hall–Kier alpha value is 1.46. The number of halogens is 2. The van der Waals surface area contributed by atoms with Crippen molar-refractivity contribution in [2.45, 2.75) is 0 Å². The second-order valence-electron chi connectivity index (χ2n) is 0. The zero-order valence-electron chi connectivity index (χ0n) is 3.90. The summed E-state index contributed by atoms with van der Waals surface area (Å²) in [6, 6.07) is 0. The molecule has 0 bridgehead atoms. The molecule has 0 fully saturated rings. The molecule has 0 aliphatic heterocycles. The van der Waals surface area contributed by atoms with Gasteiger partial charge in [0.05, 0.1) is 0 Å². The van der Waals surface area contributed by atoms with Gasteiger partial charge >= 0.3 is 20.4 Å². The molecular weight excluding hydrogens is 322 g/mol. The zero-order chi connectivity index (χ0) is 0. The van der Waals surface area contributed by atoms with E-state index in [1.165, 1.54) is 0 Å². The van der Waals surface area contributed by atoms with Gasteiger partial charge in [0, 0.05) is 0 Å². The van der Waals surface area contributed by atoms with Crippen molar-refractivity contribution in [2.75, 3.05) is 0 Å². The first-order valence-corrected chi connectivity index (χ1v) is 0. The Bertz CT molecular complexity index is 9.65. The molecule has 0 atom stereocenters. The molecular formula is H12Br2N4Pd. The smallest absolute Gasteiger partial charge is 1.00 e. The zero-order valence-corrected chi connectivity index (χ0v) is 8.63. The van der Waals surface area contributed by atoms with Crippen molar-refractivity contribution < 1.29 is 54.4 Å².